The van der Waals surface area contributed by atoms with E-state index in [1.807, 2.05) is 30.9 Å². The maximum atomic E-state index is 13.3. The molecular formula is C26H33ClN2O4. The Balaban J connectivity index is 1.60. The van der Waals surface area contributed by atoms with Crippen molar-refractivity contribution in [2.75, 3.05) is 27.3 Å². The van der Waals surface area contributed by atoms with Gasteiger partial charge < -0.3 is 19.7 Å². The number of amides is 2. The first-order chi connectivity index (χ1) is 15.8. The normalized spacial score (nSPS) is 15.3. The fourth-order valence-corrected chi connectivity index (χ4v) is 4.38. The molecule has 1 N–H and O–H groups in total. The van der Waals surface area contributed by atoms with Crippen LogP contribution in [0.5, 0.6) is 11.5 Å². The van der Waals surface area contributed by atoms with Crippen molar-refractivity contribution in [2.24, 2.45) is 5.92 Å². The molecule has 2 aromatic carbocycles. The molecule has 0 radical (unpaired) electrons. The van der Waals surface area contributed by atoms with Crippen LogP contribution in [0.25, 0.3) is 0 Å². The number of piperidine rings is 1. The first kappa shape index (κ1) is 24.9. The van der Waals surface area contributed by atoms with Gasteiger partial charge in [0.05, 0.1) is 20.6 Å². The molecule has 33 heavy (non-hydrogen) atoms. The number of carbonyl (C=O) groups excluding carboxylic acids is 2. The highest BCUT2D eigenvalue weighted by molar-refractivity contribution is 6.30. The number of methoxy groups -OCH3 is 2. The van der Waals surface area contributed by atoms with E-state index in [2.05, 4.69) is 17.4 Å². The number of halogens is 1. The van der Waals surface area contributed by atoms with E-state index < -0.39 is 6.04 Å². The number of nitrogens with one attached hydrogen (secondary N) is 1. The summed E-state index contributed by atoms with van der Waals surface area (Å²) >= 11 is 6.00. The average Bonchev–Trinajstić information content (AvgIpc) is 2.82. The van der Waals surface area contributed by atoms with Gasteiger partial charge in [-0.3, -0.25) is 9.59 Å². The number of benzene rings is 2. The Bertz CT molecular complexity index is 931. The first-order valence-electron chi connectivity index (χ1n) is 11.4. The third-order valence-corrected chi connectivity index (χ3v) is 6.43. The minimum absolute atomic E-state index is 0.0175. The molecule has 1 aliphatic heterocycles. The van der Waals surface area contributed by atoms with Gasteiger partial charge in [-0.2, -0.15) is 0 Å². The Morgan fingerprint density at radius 3 is 2.12 bits per heavy atom. The largest absolute Gasteiger partial charge is 0.497 e. The van der Waals surface area contributed by atoms with Crippen LogP contribution in [0.2, 0.25) is 5.02 Å². The maximum Gasteiger partial charge on any atom is 0.245 e. The van der Waals surface area contributed by atoms with Gasteiger partial charge in [0.25, 0.3) is 0 Å². The van der Waals surface area contributed by atoms with Gasteiger partial charge in [-0.25, -0.2) is 0 Å². The van der Waals surface area contributed by atoms with Crippen LogP contribution in [0.15, 0.2) is 42.5 Å². The average molecular weight is 473 g/mol. The summed E-state index contributed by atoms with van der Waals surface area (Å²) in [7, 11) is 3.14. The van der Waals surface area contributed by atoms with Crippen molar-refractivity contribution in [1.29, 1.82) is 0 Å². The van der Waals surface area contributed by atoms with Crippen LogP contribution in [0.3, 0.4) is 0 Å². The SMILES string of the molecule is COc1cc(CC(=O)N[C@@H](C(=O)N2CCC(c3ccc(Cl)cc3)CC2)C(C)C)cc(OC)c1. The van der Waals surface area contributed by atoms with Crippen molar-refractivity contribution in [2.45, 2.75) is 45.1 Å². The second kappa shape index (κ2) is 11.4. The molecule has 0 unspecified atom stereocenters. The second-order valence-electron chi connectivity index (χ2n) is 8.84. The summed E-state index contributed by atoms with van der Waals surface area (Å²) in [4.78, 5) is 28.0. The Kier molecular flexibility index (Phi) is 8.61. The number of nitrogens with zero attached hydrogens (tertiary/aromatic N) is 1. The number of ether oxygens (including phenoxy) is 2. The Hall–Kier alpha value is -2.73. The van der Waals surface area contributed by atoms with Crippen molar-refractivity contribution < 1.29 is 19.1 Å². The Morgan fingerprint density at radius 2 is 1.61 bits per heavy atom. The van der Waals surface area contributed by atoms with Crippen molar-refractivity contribution in [3.05, 3.63) is 58.6 Å². The third kappa shape index (κ3) is 6.64. The number of hydrogen-bond acceptors (Lipinski definition) is 4. The van der Waals surface area contributed by atoms with E-state index in [1.54, 1.807) is 32.4 Å². The molecule has 178 valence electrons. The van der Waals surface area contributed by atoms with Crippen molar-refractivity contribution in [3.8, 4) is 11.5 Å². The van der Waals surface area contributed by atoms with Gasteiger partial charge in [-0.15, -0.1) is 0 Å². The summed E-state index contributed by atoms with van der Waals surface area (Å²) in [5.74, 6) is 1.43. The molecule has 0 aliphatic carbocycles. The van der Waals surface area contributed by atoms with Crippen molar-refractivity contribution in [3.63, 3.8) is 0 Å². The molecule has 0 spiro atoms. The van der Waals surface area contributed by atoms with Crippen LogP contribution in [0, 0.1) is 5.92 Å². The van der Waals surface area contributed by atoms with Gasteiger partial charge in [0.15, 0.2) is 0 Å². The fourth-order valence-electron chi connectivity index (χ4n) is 4.26. The lowest BCUT2D eigenvalue weighted by molar-refractivity contribution is -0.138. The molecule has 1 saturated heterocycles. The van der Waals surface area contributed by atoms with E-state index in [9.17, 15) is 9.59 Å². The monoisotopic (exact) mass is 472 g/mol. The number of carbonyl (C=O) groups is 2. The van der Waals surface area contributed by atoms with Gasteiger partial charge in [0, 0.05) is 24.2 Å². The molecule has 1 atom stereocenters. The summed E-state index contributed by atoms with van der Waals surface area (Å²) in [5.41, 5.74) is 2.02. The fraction of sp³-hybridized carbons (Fsp3) is 0.462. The van der Waals surface area contributed by atoms with E-state index in [4.69, 9.17) is 21.1 Å². The minimum Gasteiger partial charge on any atom is -0.497 e. The zero-order chi connectivity index (χ0) is 24.0. The maximum absolute atomic E-state index is 13.3. The van der Waals surface area contributed by atoms with Gasteiger partial charge in [-0.05, 0) is 60.1 Å². The lowest BCUT2D eigenvalue weighted by Crippen LogP contribution is -2.53. The third-order valence-electron chi connectivity index (χ3n) is 6.17. The zero-order valence-electron chi connectivity index (χ0n) is 19.8. The standard InChI is InChI=1S/C26H33ClN2O4/c1-17(2)25(28-24(30)15-18-13-22(32-3)16-23(14-18)33-4)26(31)29-11-9-20(10-12-29)19-5-7-21(27)8-6-19/h5-8,13-14,16-17,20,25H,9-12,15H2,1-4H3,(H,28,30)/t25-/m1/s1. The van der Waals surface area contributed by atoms with E-state index in [1.165, 1.54) is 5.56 Å². The Morgan fingerprint density at radius 1 is 1.03 bits per heavy atom. The smallest absolute Gasteiger partial charge is 0.245 e. The summed E-state index contributed by atoms with van der Waals surface area (Å²) in [6.45, 7) is 5.27. The highest BCUT2D eigenvalue weighted by Gasteiger charge is 2.31. The van der Waals surface area contributed by atoms with Gasteiger partial charge >= 0.3 is 0 Å². The van der Waals surface area contributed by atoms with Crippen LogP contribution >= 0.6 is 11.6 Å². The highest BCUT2D eigenvalue weighted by Crippen LogP contribution is 2.29. The molecule has 6 nitrogen and oxygen atoms in total. The van der Waals surface area contributed by atoms with Crippen LogP contribution < -0.4 is 14.8 Å². The molecule has 0 aromatic heterocycles. The van der Waals surface area contributed by atoms with Gasteiger partial charge in [-0.1, -0.05) is 37.6 Å². The first-order valence-corrected chi connectivity index (χ1v) is 11.7. The molecule has 0 saturated carbocycles. The van der Waals surface area contributed by atoms with Crippen LogP contribution in [-0.4, -0.2) is 50.1 Å². The van der Waals surface area contributed by atoms with Crippen LogP contribution in [0.4, 0.5) is 0 Å². The van der Waals surface area contributed by atoms with E-state index in [0.29, 0.717) is 30.5 Å². The molecule has 2 amide bonds. The van der Waals surface area contributed by atoms with Gasteiger partial charge in [0.1, 0.15) is 17.5 Å². The number of rotatable bonds is 8. The lowest BCUT2D eigenvalue weighted by Gasteiger charge is -2.35. The van der Waals surface area contributed by atoms with Crippen molar-refractivity contribution >= 4 is 23.4 Å². The summed E-state index contributed by atoms with van der Waals surface area (Å²) in [6, 6.07) is 12.8. The predicted molar refractivity (Wildman–Crippen MR) is 130 cm³/mol. The molecular weight excluding hydrogens is 440 g/mol. The van der Waals surface area contributed by atoms with Crippen molar-refractivity contribution in [1.82, 2.24) is 10.2 Å². The molecule has 1 heterocycles. The highest BCUT2D eigenvalue weighted by atomic mass is 35.5. The minimum atomic E-state index is -0.558. The Labute approximate surface area is 201 Å². The topological polar surface area (TPSA) is 67.9 Å². The van der Waals surface area contributed by atoms with Gasteiger partial charge in [0.2, 0.25) is 11.8 Å². The van der Waals surface area contributed by atoms with E-state index >= 15 is 0 Å². The van der Waals surface area contributed by atoms with Crippen LogP contribution in [-0.2, 0) is 16.0 Å². The summed E-state index contributed by atoms with van der Waals surface area (Å²) in [5, 5.41) is 3.69. The van der Waals surface area contributed by atoms with Crippen LogP contribution in [0.1, 0.15) is 43.7 Å². The molecule has 1 fully saturated rings. The van der Waals surface area contributed by atoms with E-state index in [-0.39, 0.29) is 24.2 Å². The zero-order valence-corrected chi connectivity index (χ0v) is 20.5. The number of hydrogen-bond donors (Lipinski definition) is 1. The summed E-state index contributed by atoms with van der Waals surface area (Å²) < 4.78 is 10.6. The molecule has 2 aromatic rings. The summed E-state index contributed by atoms with van der Waals surface area (Å²) in [6.07, 6.45) is 1.94. The second-order valence-corrected chi connectivity index (χ2v) is 9.27. The predicted octanol–water partition coefficient (Wildman–Crippen LogP) is 4.45. The number of likely N-dealkylation sites (tertiary alicyclic amines) is 1. The lowest BCUT2D eigenvalue weighted by atomic mass is 9.89. The quantitative estimate of drug-likeness (QED) is 0.616. The molecule has 0 bridgehead atoms. The molecule has 1 aliphatic rings. The molecule has 3 rings (SSSR count). The van der Waals surface area contributed by atoms with E-state index in [0.717, 1.165) is 23.4 Å². The molecule has 7 heteroatoms.